The summed E-state index contributed by atoms with van der Waals surface area (Å²) in [5.74, 6) is -0.487. The summed E-state index contributed by atoms with van der Waals surface area (Å²) in [5.41, 5.74) is 0.555. The summed E-state index contributed by atoms with van der Waals surface area (Å²) < 4.78 is 9.45. The molecular weight excluding hydrogens is 262 g/mol. The molecule has 7 heteroatoms. The molecule has 0 N–H and O–H groups in total. The summed E-state index contributed by atoms with van der Waals surface area (Å²) in [6.07, 6.45) is -0.239. The maximum absolute atomic E-state index is 11.8. The Labute approximate surface area is 114 Å². The molecule has 0 fully saturated rings. The van der Waals surface area contributed by atoms with Gasteiger partial charge in [0.15, 0.2) is 6.07 Å². The smallest absolute Gasteiger partial charge is 0.338 e. The molecule has 1 aromatic carbocycles. The standard InChI is InChI=1S/C13H11N3O4/c1-8(2)19-13(17)10-5-3-4-9(6-10)12-11(7-14)16(18)20-15-12/h3-6,8H,1-2H3. The quantitative estimate of drug-likeness (QED) is 0.618. The molecule has 7 nitrogen and oxygen atoms in total. The van der Waals surface area contributed by atoms with Gasteiger partial charge in [-0.2, -0.15) is 5.26 Å². The van der Waals surface area contributed by atoms with Crippen LogP contribution >= 0.6 is 0 Å². The van der Waals surface area contributed by atoms with E-state index in [2.05, 4.69) is 9.79 Å². The lowest BCUT2D eigenvalue weighted by Crippen LogP contribution is -2.26. The molecule has 0 radical (unpaired) electrons. The first kappa shape index (κ1) is 13.5. The summed E-state index contributed by atoms with van der Waals surface area (Å²) in [6.45, 7) is 3.49. The van der Waals surface area contributed by atoms with Crippen molar-refractivity contribution in [3.63, 3.8) is 0 Å². The molecule has 2 aromatic rings. The van der Waals surface area contributed by atoms with E-state index in [9.17, 15) is 10.0 Å². The molecule has 0 atom stereocenters. The number of ether oxygens (including phenoxy) is 1. The van der Waals surface area contributed by atoms with Crippen LogP contribution in [0.4, 0.5) is 0 Å². The SMILES string of the molecule is CC(C)OC(=O)c1cccc(-c2no[n+]([O-])c2C#N)c1. The first-order valence-corrected chi connectivity index (χ1v) is 5.84. The number of carbonyl (C=O) groups is 1. The number of benzene rings is 1. The predicted molar refractivity (Wildman–Crippen MR) is 66.2 cm³/mol. The van der Waals surface area contributed by atoms with E-state index in [0.717, 1.165) is 0 Å². The van der Waals surface area contributed by atoms with Gasteiger partial charge in [-0.3, -0.25) is 4.63 Å². The van der Waals surface area contributed by atoms with E-state index in [1.54, 1.807) is 38.1 Å². The first-order valence-electron chi connectivity index (χ1n) is 5.84. The number of rotatable bonds is 3. The lowest BCUT2D eigenvalue weighted by atomic mass is 10.1. The Balaban J connectivity index is 2.40. The monoisotopic (exact) mass is 273 g/mol. The van der Waals surface area contributed by atoms with Gasteiger partial charge >= 0.3 is 11.7 Å². The van der Waals surface area contributed by atoms with E-state index in [-0.39, 0.29) is 22.4 Å². The number of nitrogens with zero attached hydrogens (tertiary/aromatic N) is 3. The molecule has 1 aromatic heterocycles. The maximum Gasteiger partial charge on any atom is 0.338 e. The number of hydrogen-bond donors (Lipinski definition) is 0. The number of nitriles is 1. The molecule has 0 bridgehead atoms. The molecule has 20 heavy (non-hydrogen) atoms. The Hall–Kier alpha value is -2.88. The highest BCUT2D eigenvalue weighted by Crippen LogP contribution is 2.20. The number of esters is 1. The van der Waals surface area contributed by atoms with Crippen LogP contribution in [0.25, 0.3) is 11.3 Å². The van der Waals surface area contributed by atoms with Crippen molar-refractivity contribution < 1.29 is 19.1 Å². The molecule has 102 valence electrons. The lowest BCUT2D eigenvalue weighted by molar-refractivity contribution is -0.804. The molecule has 0 saturated carbocycles. The topological polar surface area (TPSA) is 103 Å². The van der Waals surface area contributed by atoms with Crippen molar-refractivity contribution >= 4 is 5.97 Å². The van der Waals surface area contributed by atoms with Crippen LogP contribution in [0.15, 0.2) is 28.9 Å². The van der Waals surface area contributed by atoms with E-state index in [1.807, 2.05) is 0 Å². The second kappa shape index (κ2) is 5.40. The zero-order chi connectivity index (χ0) is 14.7. The molecule has 0 aliphatic rings. The maximum atomic E-state index is 11.8. The summed E-state index contributed by atoms with van der Waals surface area (Å²) >= 11 is 0. The van der Waals surface area contributed by atoms with Crippen molar-refractivity contribution in [2.45, 2.75) is 20.0 Å². The Morgan fingerprint density at radius 1 is 1.55 bits per heavy atom. The predicted octanol–water partition coefficient (Wildman–Crippen LogP) is 1.41. The van der Waals surface area contributed by atoms with Crippen molar-refractivity contribution in [3.05, 3.63) is 40.7 Å². The van der Waals surface area contributed by atoms with E-state index in [4.69, 9.17) is 10.00 Å². The summed E-state index contributed by atoms with van der Waals surface area (Å²) in [4.78, 5) is 11.8. The zero-order valence-corrected chi connectivity index (χ0v) is 10.9. The second-order valence-electron chi connectivity index (χ2n) is 4.27. The molecular formula is C13H11N3O4. The molecule has 0 unspecified atom stereocenters. The van der Waals surface area contributed by atoms with E-state index < -0.39 is 5.97 Å². The largest absolute Gasteiger partial charge is 0.459 e. The molecule has 0 amide bonds. The van der Waals surface area contributed by atoms with Crippen molar-refractivity contribution in [2.75, 3.05) is 0 Å². The molecule has 0 saturated heterocycles. The molecule has 0 aliphatic carbocycles. The van der Waals surface area contributed by atoms with Crippen molar-refractivity contribution in [1.82, 2.24) is 5.16 Å². The van der Waals surface area contributed by atoms with Gasteiger partial charge in [-0.1, -0.05) is 12.1 Å². The fraction of sp³-hybridized carbons (Fsp3) is 0.231. The Bertz CT molecular complexity index is 685. The minimum absolute atomic E-state index is 0.0223. The Kier molecular flexibility index (Phi) is 3.66. The van der Waals surface area contributed by atoms with Crippen LogP contribution in [0.3, 0.4) is 0 Å². The number of carbonyl (C=O) groups excluding carboxylic acids is 1. The average Bonchev–Trinajstić information content (AvgIpc) is 2.79. The molecule has 0 spiro atoms. The van der Waals surface area contributed by atoms with Gasteiger partial charge in [0.2, 0.25) is 0 Å². The highest BCUT2D eigenvalue weighted by atomic mass is 16.8. The fourth-order valence-corrected chi connectivity index (χ4v) is 1.61. The highest BCUT2D eigenvalue weighted by Gasteiger charge is 2.21. The van der Waals surface area contributed by atoms with Crippen LogP contribution in [0, 0.1) is 16.5 Å². The average molecular weight is 273 g/mol. The van der Waals surface area contributed by atoms with Gasteiger partial charge < -0.3 is 9.94 Å². The van der Waals surface area contributed by atoms with Crippen LogP contribution in [0.1, 0.15) is 29.9 Å². The first-order chi connectivity index (χ1) is 9.52. The van der Waals surface area contributed by atoms with Crippen LogP contribution in [-0.4, -0.2) is 17.2 Å². The summed E-state index contributed by atoms with van der Waals surface area (Å²) in [7, 11) is 0. The summed E-state index contributed by atoms with van der Waals surface area (Å²) in [6, 6.07) is 7.99. The second-order valence-corrected chi connectivity index (χ2v) is 4.27. The number of hydrogen-bond acceptors (Lipinski definition) is 6. The van der Waals surface area contributed by atoms with Crippen molar-refractivity contribution in [2.24, 2.45) is 0 Å². The zero-order valence-electron chi connectivity index (χ0n) is 10.9. The van der Waals surface area contributed by atoms with Gasteiger partial charge in [0.1, 0.15) is 0 Å². The van der Waals surface area contributed by atoms with Crippen LogP contribution in [0.2, 0.25) is 0 Å². The van der Waals surface area contributed by atoms with Crippen LogP contribution in [0.5, 0.6) is 0 Å². The van der Waals surface area contributed by atoms with Gasteiger partial charge in [0.05, 0.1) is 11.7 Å². The van der Waals surface area contributed by atoms with Gasteiger partial charge in [0.25, 0.3) is 5.69 Å². The van der Waals surface area contributed by atoms with Crippen LogP contribution < -0.4 is 4.90 Å². The molecule has 1 heterocycles. The molecule has 0 aliphatic heterocycles. The summed E-state index contributed by atoms with van der Waals surface area (Å²) in [5, 5.41) is 23.6. The van der Waals surface area contributed by atoms with Crippen molar-refractivity contribution in [1.29, 1.82) is 5.26 Å². The van der Waals surface area contributed by atoms with E-state index in [1.165, 1.54) is 6.07 Å². The number of aromatic nitrogens is 2. The van der Waals surface area contributed by atoms with E-state index >= 15 is 0 Å². The van der Waals surface area contributed by atoms with Crippen molar-refractivity contribution in [3.8, 4) is 17.3 Å². The minimum Gasteiger partial charge on any atom is -0.459 e. The van der Waals surface area contributed by atoms with Crippen LogP contribution in [-0.2, 0) is 4.74 Å². The minimum atomic E-state index is -0.487. The third-order valence-corrected chi connectivity index (χ3v) is 2.43. The lowest BCUT2D eigenvalue weighted by Gasteiger charge is -2.07. The van der Waals surface area contributed by atoms with Gasteiger partial charge in [0, 0.05) is 10.7 Å². The third-order valence-electron chi connectivity index (χ3n) is 2.43. The van der Waals surface area contributed by atoms with Gasteiger partial charge in [-0.25, -0.2) is 4.79 Å². The highest BCUT2D eigenvalue weighted by molar-refractivity contribution is 5.91. The van der Waals surface area contributed by atoms with Gasteiger partial charge in [-0.15, -0.1) is 0 Å². The normalized spacial score (nSPS) is 10.3. The molecule has 2 rings (SSSR count). The third kappa shape index (κ3) is 2.59. The van der Waals surface area contributed by atoms with Gasteiger partial charge in [-0.05, 0) is 30.9 Å². The Morgan fingerprint density at radius 3 is 2.95 bits per heavy atom. The van der Waals surface area contributed by atoms with E-state index in [0.29, 0.717) is 11.1 Å². The Morgan fingerprint density at radius 2 is 2.30 bits per heavy atom. The fourth-order valence-electron chi connectivity index (χ4n) is 1.61.